The van der Waals surface area contributed by atoms with E-state index in [2.05, 4.69) is 21.4 Å². The van der Waals surface area contributed by atoms with E-state index in [4.69, 9.17) is 15.7 Å². The molecule has 0 aliphatic heterocycles. The van der Waals surface area contributed by atoms with Gasteiger partial charge in [-0.15, -0.1) is 6.42 Å². The lowest BCUT2D eigenvalue weighted by Crippen LogP contribution is -2.23. The summed E-state index contributed by atoms with van der Waals surface area (Å²) in [5.74, 6) is 3.27. The van der Waals surface area contributed by atoms with Crippen LogP contribution in [0.5, 0.6) is 5.75 Å². The first-order valence-corrected chi connectivity index (χ1v) is 10.5. The molecule has 6 heteroatoms. The molecule has 1 N–H and O–H groups in total. The Balaban J connectivity index is 1.49. The van der Waals surface area contributed by atoms with E-state index in [1.807, 2.05) is 60.7 Å². The average molecular weight is 423 g/mol. The number of amides is 1. The van der Waals surface area contributed by atoms with Crippen molar-refractivity contribution in [3.63, 3.8) is 0 Å². The number of terminal acetylenes is 1. The summed E-state index contributed by atoms with van der Waals surface area (Å²) in [6, 6.07) is 19.0. The van der Waals surface area contributed by atoms with Gasteiger partial charge >= 0.3 is 0 Å². The zero-order chi connectivity index (χ0) is 21.9. The molecule has 0 radical (unpaired) electrons. The van der Waals surface area contributed by atoms with E-state index in [9.17, 15) is 4.79 Å². The third kappa shape index (κ3) is 3.93. The number of rotatable bonds is 7. The molecule has 1 amide bonds. The van der Waals surface area contributed by atoms with Crippen molar-refractivity contribution in [2.75, 3.05) is 6.61 Å². The number of pyridine rings is 1. The molecule has 0 bridgehead atoms. The van der Waals surface area contributed by atoms with Gasteiger partial charge in [-0.25, -0.2) is 4.98 Å². The Labute approximate surface area is 185 Å². The fourth-order valence-electron chi connectivity index (χ4n) is 3.71. The first kappa shape index (κ1) is 19.8. The van der Waals surface area contributed by atoms with Gasteiger partial charge in [0.15, 0.2) is 0 Å². The molecule has 32 heavy (non-hydrogen) atoms. The Hall–Kier alpha value is -4.11. The molecule has 1 fully saturated rings. The van der Waals surface area contributed by atoms with Crippen LogP contribution < -0.4 is 10.1 Å². The minimum Gasteiger partial charge on any atom is -0.481 e. The van der Waals surface area contributed by atoms with Crippen molar-refractivity contribution in [3.8, 4) is 29.4 Å². The number of carbonyl (C=O) groups is 1. The van der Waals surface area contributed by atoms with Crippen molar-refractivity contribution >= 4 is 17.0 Å². The lowest BCUT2D eigenvalue weighted by Gasteiger charge is -2.12. The molecule has 0 spiro atoms. The summed E-state index contributed by atoms with van der Waals surface area (Å²) in [6.07, 6.45) is 7.44. The van der Waals surface area contributed by atoms with Gasteiger partial charge in [-0.2, -0.15) is 0 Å². The number of nitrogens with one attached hydrogen (secondary N) is 1. The molecule has 1 aliphatic carbocycles. The number of para-hydroxylation sites is 1. The normalized spacial score (nSPS) is 13.0. The highest BCUT2D eigenvalue weighted by Gasteiger charge is 2.29. The maximum Gasteiger partial charge on any atom is 0.259 e. The Morgan fingerprint density at radius 1 is 1.16 bits per heavy atom. The monoisotopic (exact) mass is 423 g/mol. The molecule has 2 aromatic heterocycles. The van der Waals surface area contributed by atoms with Gasteiger partial charge in [0, 0.05) is 29.3 Å². The van der Waals surface area contributed by atoms with Crippen molar-refractivity contribution in [1.82, 2.24) is 15.5 Å². The highest BCUT2D eigenvalue weighted by Crippen LogP contribution is 2.41. The number of ether oxygens (including phenoxy) is 1. The van der Waals surface area contributed by atoms with E-state index < -0.39 is 0 Å². The van der Waals surface area contributed by atoms with Crippen molar-refractivity contribution < 1.29 is 14.1 Å². The van der Waals surface area contributed by atoms with Gasteiger partial charge in [-0.3, -0.25) is 4.79 Å². The lowest BCUT2D eigenvalue weighted by atomic mass is 10.0. The highest BCUT2D eigenvalue weighted by molar-refractivity contribution is 6.09. The molecule has 5 rings (SSSR count). The van der Waals surface area contributed by atoms with Gasteiger partial charge in [0.1, 0.15) is 18.1 Å². The standard InChI is InChI=1S/C26H21N3O3/c1-2-14-31-22-11-7-6-10-19(22)16-27-25(30)20-15-21(17-12-13-17)28-26-23(20)24(29-32-26)18-8-4-3-5-9-18/h1,3-11,15,17H,12-14,16H2,(H,27,30). The van der Waals surface area contributed by atoms with E-state index in [0.29, 0.717) is 40.6 Å². The zero-order valence-electron chi connectivity index (χ0n) is 17.4. The minimum absolute atomic E-state index is 0.168. The molecule has 4 aromatic rings. The number of carbonyl (C=O) groups excluding carboxylic acids is 1. The summed E-state index contributed by atoms with van der Waals surface area (Å²) in [5.41, 5.74) is 4.09. The maximum atomic E-state index is 13.4. The third-order valence-corrected chi connectivity index (χ3v) is 5.48. The topological polar surface area (TPSA) is 77.2 Å². The molecule has 1 saturated carbocycles. The van der Waals surface area contributed by atoms with Gasteiger partial charge in [-0.05, 0) is 25.0 Å². The largest absolute Gasteiger partial charge is 0.481 e. The van der Waals surface area contributed by atoms with Gasteiger partial charge in [0.2, 0.25) is 0 Å². The number of hydrogen-bond acceptors (Lipinski definition) is 5. The van der Waals surface area contributed by atoms with Crippen LogP contribution in [0.25, 0.3) is 22.4 Å². The summed E-state index contributed by atoms with van der Waals surface area (Å²) < 4.78 is 11.2. The third-order valence-electron chi connectivity index (χ3n) is 5.48. The molecular weight excluding hydrogens is 402 g/mol. The quantitative estimate of drug-likeness (QED) is 0.436. The van der Waals surface area contributed by atoms with Crippen LogP contribution in [0.4, 0.5) is 0 Å². The fraction of sp³-hybridized carbons (Fsp3) is 0.192. The van der Waals surface area contributed by atoms with Crippen molar-refractivity contribution in [2.24, 2.45) is 0 Å². The predicted octanol–water partition coefficient (Wildman–Crippen LogP) is 4.71. The van der Waals surface area contributed by atoms with Crippen LogP contribution in [-0.4, -0.2) is 22.7 Å². The number of fused-ring (bicyclic) bond motifs is 1. The van der Waals surface area contributed by atoms with Gasteiger partial charge < -0.3 is 14.6 Å². The predicted molar refractivity (Wildman–Crippen MR) is 121 cm³/mol. The first-order chi connectivity index (χ1) is 15.7. The number of nitrogens with zero attached hydrogens (tertiary/aromatic N) is 2. The summed E-state index contributed by atoms with van der Waals surface area (Å²) >= 11 is 0. The van der Waals surface area contributed by atoms with Crippen LogP contribution in [0, 0.1) is 12.3 Å². The van der Waals surface area contributed by atoms with E-state index >= 15 is 0 Å². The number of hydrogen-bond donors (Lipinski definition) is 1. The van der Waals surface area contributed by atoms with E-state index in [1.165, 1.54) is 0 Å². The second-order valence-electron chi connectivity index (χ2n) is 7.73. The van der Waals surface area contributed by atoms with Gasteiger partial charge in [0.05, 0.1) is 10.9 Å². The number of benzene rings is 2. The summed E-state index contributed by atoms with van der Waals surface area (Å²) in [4.78, 5) is 18.0. The number of aromatic nitrogens is 2. The van der Waals surface area contributed by atoms with E-state index in [0.717, 1.165) is 29.7 Å². The Morgan fingerprint density at radius 3 is 2.72 bits per heavy atom. The minimum atomic E-state index is -0.216. The first-order valence-electron chi connectivity index (χ1n) is 10.5. The zero-order valence-corrected chi connectivity index (χ0v) is 17.4. The van der Waals surface area contributed by atoms with Crippen LogP contribution >= 0.6 is 0 Å². The molecular formula is C26H21N3O3. The summed E-state index contributed by atoms with van der Waals surface area (Å²) in [5, 5.41) is 7.87. The second-order valence-corrected chi connectivity index (χ2v) is 7.73. The molecule has 1 aliphatic rings. The molecule has 6 nitrogen and oxygen atoms in total. The molecule has 0 saturated heterocycles. The van der Waals surface area contributed by atoms with Gasteiger partial charge in [0.25, 0.3) is 11.6 Å². The Kier molecular flexibility index (Phi) is 5.30. The summed E-state index contributed by atoms with van der Waals surface area (Å²) in [6.45, 7) is 0.468. The molecule has 2 heterocycles. The van der Waals surface area contributed by atoms with Crippen LogP contribution in [0.1, 0.15) is 40.4 Å². The Morgan fingerprint density at radius 2 is 1.94 bits per heavy atom. The maximum absolute atomic E-state index is 13.4. The highest BCUT2D eigenvalue weighted by atomic mass is 16.5. The van der Waals surface area contributed by atoms with Gasteiger partial charge in [-0.1, -0.05) is 59.6 Å². The molecule has 0 unspecified atom stereocenters. The molecule has 158 valence electrons. The Bertz CT molecular complexity index is 1320. The second kappa shape index (κ2) is 8.56. The fourth-order valence-corrected chi connectivity index (χ4v) is 3.71. The molecule has 0 atom stereocenters. The smallest absolute Gasteiger partial charge is 0.259 e. The average Bonchev–Trinajstić information content (AvgIpc) is 3.60. The van der Waals surface area contributed by atoms with Crippen LogP contribution in [0.2, 0.25) is 0 Å². The van der Waals surface area contributed by atoms with Crippen LogP contribution in [-0.2, 0) is 6.54 Å². The van der Waals surface area contributed by atoms with Crippen molar-refractivity contribution in [1.29, 1.82) is 0 Å². The lowest BCUT2D eigenvalue weighted by molar-refractivity contribution is 0.0952. The van der Waals surface area contributed by atoms with Crippen molar-refractivity contribution in [3.05, 3.63) is 77.5 Å². The van der Waals surface area contributed by atoms with E-state index in [1.54, 1.807) is 0 Å². The van der Waals surface area contributed by atoms with E-state index in [-0.39, 0.29) is 12.5 Å². The van der Waals surface area contributed by atoms with Crippen molar-refractivity contribution in [2.45, 2.75) is 25.3 Å². The van der Waals surface area contributed by atoms with Crippen LogP contribution in [0.3, 0.4) is 0 Å². The molecule has 2 aromatic carbocycles. The SMILES string of the molecule is C#CCOc1ccccc1CNC(=O)c1cc(C2CC2)nc2onc(-c3ccccc3)c12. The summed E-state index contributed by atoms with van der Waals surface area (Å²) in [7, 11) is 0. The van der Waals surface area contributed by atoms with Crippen LogP contribution in [0.15, 0.2) is 65.2 Å².